The molecule has 4 N–H and O–H groups in total. The Morgan fingerprint density at radius 2 is 2.27 bits per heavy atom. The van der Waals surface area contributed by atoms with Crippen LogP contribution in [-0.4, -0.2) is 38.7 Å². The van der Waals surface area contributed by atoms with E-state index in [9.17, 15) is 4.79 Å². The third-order valence-electron chi connectivity index (χ3n) is 5.02. The minimum absolute atomic E-state index is 0.00904. The summed E-state index contributed by atoms with van der Waals surface area (Å²) in [7, 11) is 0. The van der Waals surface area contributed by atoms with Crippen molar-refractivity contribution in [1.82, 2.24) is 24.8 Å². The number of aromatic nitrogens is 4. The first-order valence-electron chi connectivity index (χ1n) is 9.72. The monoisotopic (exact) mass is 362 g/mol. The Hall–Kier alpha value is -2.09. The van der Waals surface area contributed by atoms with Crippen LogP contribution in [0.2, 0.25) is 0 Å². The number of nitrogens with zero attached hydrogens (tertiary/aromatic N) is 3. The Morgan fingerprint density at radius 1 is 1.42 bits per heavy atom. The minimum Gasteiger partial charge on any atom is -0.460 e. The van der Waals surface area contributed by atoms with Crippen molar-refractivity contribution in [2.75, 3.05) is 18.8 Å². The fourth-order valence-electron chi connectivity index (χ4n) is 3.64. The van der Waals surface area contributed by atoms with Crippen molar-refractivity contribution >= 4 is 17.0 Å². The second-order valence-corrected chi connectivity index (χ2v) is 7.24. The maximum atomic E-state index is 12.3. The van der Waals surface area contributed by atoms with Crippen LogP contribution in [0.3, 0.4) is 0 Å². The van der Waals surface area contributed by atoms with Gasteiger partial charge in [-0.1, -0.05) is 13.3 Å². The van der Waals surface area contributed by atoms with Crippen molar-refractivity contribution < 1.29 is 4.74 Å². The maximum absolute atomic E-state index is 12.3. The largest absolute Gasteiger partial charge is 0.460 e. The summed E-state index contributed by atoms with van der Waals surface area (Å²) in [5, 5.41) is 3.43. The lowest BCUT2D eigenvalue weighted by Gasteiger charge is -2.22. The Kier molecular flexibility index (Phi) is 6.13. The van der Waals surface area contributed by atoms with Gasteiger partial charge in [0, 0.05) is 6.54 Å². The first-order chi connectivity index (χ1) is 12.6. The van der Waals surface area contributed by atoms with Crippen LogP contribution in [0.4, 0.5) is 5.82 Å². The molecule has 0 aliphatic carbocycles. The first-order valence-corrected chi connectivity index (χ1v) is 9.72. The van der Waals surface area contributed by atoms with Crippen molar-refractivity contribution in [2.45, 2.75) is 65.0 Å². The van der Waals surface area contributed by atoms with E-state index in [-0.39, 0.29) is 23.6 Å². The zero-order chi connectivity index (χ0) is 18.5. The van der Waals surface area contributed by atoms with Crippen molar-refractivity contribution in [1.29, 1.82) is 0 Å². The molecular weight excluding hydrogens is 332 g/mol. The minimum atomic E-state index is -0.193. The lowest BCUT2D eigenvalue weighted by Crippen LogP contribution is -2.30. The van der Waals surface area contributed by atoms with Gasteiger partial charge in [0.15, 0.2) is 11.5 Å². The number of imidazole rings is 1. The summed E-state index contributed by atoms with van der Waals surface area (Å²) in [4.78, 5) is 23.8. The number of nitrogens with one attached hydrogen (secondary N) is 2. The van der Waals surface area contributed by atoms with Crippen LogP contribution in [-0.2, 0) is 6.54 Å². The van der Waals surface area contributed by atoms with Gasteiger partial charge < -0.3 is 20.8 Å². The second kappa shape index (κ2) is 8.53. The summed E-state index contributed by atoms with van der Waals surface area (Å²) in [6, 6.07) is 0.236. The molecule has 144 valence electrons. The zero-order valence-electron chi connectivity index (χ0n) is 15.8. The first kappa shape index (κ1) is 18.7. The molecule has 3 heterocycles. The number of anilines is 1. The lowest BCUT2D eigenvalue weighted by atomic mass is 9.95. The highest BCUT2D eigenvalue weighted by Gasteiger charge is 2.17. The highest BCUT2D eigenvalue weighted by atomic mass is 16.5. The summed E-state index contributed by atoms with van der Waals surface area (Å²) in [5.74, 6) is 0.944. The van der Waals surface area contributed by atoms with Gasteiger partial charge in [-0.15, -0.1) is 0 Å². The van der Waals surface area contributed by atoms with E-state index in [1.807, 2.05) is 6.92 Å². The van der Waals surface area contributed by atoms with E-state index in [1.165, 1.54) is 12.8 Å². The Morgan fingerprint density at radius 3 is 3.00 bits per heavy atom. The van der Waals surface area contributed by atoms with Gasteiger partial charge in [-0.3, -0.25) is 4.57 Å². The maximum Gasteiger partial charge on any atom is 0.327 e. The summed E-state index contributed by atoms with van der Waals surface area (Å²) >= 11 is 0. The van der Waals surface area contributed by atoms with Crippen molar-refractivity contribution in [3.05, 3.63) is 10.5 Å². The number of H-pyrrole nitrogens is 1. The molecule has 2 aromatic rings. The SMILES string of the molecule is CCCC(C)Oc1nc(N)c2[nH]c(=O)n(CCCC3CCCNC3)c2n1. The predicted molar refractivity (Wildman–Crippen MR) is 102 cm³/mol. The van der Waals surface area contributed by atoms with Gasteiger partial charge in [0.2, 0.25) is 0 Å². The van der Waals surface area contributed by atoms with E-state index < -0.39 is 0 Å². The van der Waals surface area contributed by atoms with Gasteiger partial charge >= 0.3 is 11.7 Å². The number of rotatable bonds is 8. The molecule has 2 aromatic heterocycles. The number of fused-ring (bicyclic) bond motifs is 1. The summed E-state index contributed by atoms with van der Waals surface area (Å²) in [5.41, 5.74) is 6.84. The molecule has 3 rings (SSSR count). The molecule has 8 heteroatoms. The zero-order valence-corrected chi connectivity index (χ0v) is 15.8. The van der Waals surface area contributed by atoms with E-state index >= 15 is 0 Å². The smallest absolute Gasteiger partial charge is 0.327 e. The van der Waals surface area contributed by atoms with E-state index in [0.717, 1.165) is 38.8 Å². The molecule has 0 aromatic carbocycles. The summed E-state index contributed by atoms with van der Waals surface area (Å²) in [6.45, 7) is 6.90. The van der Waals surface area contributed by atoms with Gasteiger partial charge in [0.1, 0.15) is 5.52 Å². The molecule has 1 aliphatic heterocycles. The van der Waals surface area contributed by atoms with E-state index in [0.29, 0.717) is 23.6 Å². The molecular formula is C18H30N6O2. The van der Waals surface area contributed by atoms with Crippen LogP contribution in [0.15, 0.2) is 4.79 Å². The van der Waals surface area contributed by atoms with Crippen molar-refractivity contribution in [3.63, 3.8) is 0 Å². The fraction of sp³-hybridized carbons (Fsp3) is 0.722. The Bertz CT molecular complexity index is 778. The average molecular weight is 362 g/mol. The van der Waals surface area contributed by atoms with Gasteiger partial charge in [0.05, 0.1) is 6.10 Å². The van der Waals surface area contributed by atoms with Crippen LogP contribution in [0, 0.1) is 5.92 Å². The Balaban J connectivity index is 1.74. The standard InChI is InChI=1S/C18H30N6O2/c1-3-6-12(2)26-17-22-15(19)14-16(23-17)24(18(25)21-14)10-5-8-13-7-4-9-20-11-13/h12-13,20H,3-11H2,1-2H3,(H,21,25)(H2,19,22,23). The van der Waals surface area contributed by atoms with Crippen LogP contribution in [0.25, 0.3) is 11.2 Å². The second-order valence-electron chi connectivity index (χ2n) is 7.24. The number of nitrogen functional groups attached to an aromatic ring is 1. The number of ether oxygens (including phenoxy) is 1. The van der Waals surface area contributed by atoms with Crippen LogP contribution in [0.1, 0.15) is 52.4 Å². The average Bonchev–Trinajstić information content (AvgIpc) is 2.93. The third-order valence-corrected chi connectivity index (χ3v) is 5.02. The van der Waals surface area contributed by atoms with Crippen LogP contribution < -0.4 is 21.5 Å². The number of hydrogen-bond acceptors (Lipinski definition) is 6. The number of hydrogen-bond donors (Lipinski definition) is 3. The number of aromatic amines is 1. The Labute approximate surface area is 153 Å². The molecule has 0 saturated carbocycles. The van der Waals surface area contributed by atoms with E-state index in [4.69, 9.17) is 10.5 Å². The van der Waals surface area contributed by atoms with Crippen molar-refractivity contribution in [2.24, 2.45) is 5.92 Å². The normalized spacial score (nSPS) is 18.9. The molecule has 0 radical (unpaired) electrons. The van der Waals surface area contributed by atoms with Gasteiger partial charge in [-0.25, -0.2) is 4.79 Å². The molecule has 26 heavy (non-hydrogen) atoms. The molecule has 0 bridgehead atoms. The molecule has 1 saturated heterocycles. The third kappa shape index (κ3) is 4.35. The topological polar surface area (TPSA) is 111 Å². The molecule has 1 fully saturated rings. The molecule has 0 amide bonds. The van der Waals surface area contributed by atoms with E-state index in [1.54, 1.807) is 4.57 Å². The summed E-state index contributed by atoms with van der Waals surface area (Å²) in [6.07, 6.45) is 6.47. The highest BCUT2D eigenvalue weighted by Crippen LogP contribution is 2.20. The number of aryl methyl sites for hydroxylation is 1. The van der Waals surface area contributed by atoms with Gasteiger partial charge in [0.25, 0.3) is 0 Å². The summed E-state index contributed by atoms with van der Waals surface area (Å²) < 4.78 is 7.42. The van der Waals surface area contributed by atoms with Gasteiger partial charge in [-0.05, 0) is 58.0 Å². The van der Waals surface area contributed by atoms with Crippen LogP contribution >= 0.6 is 0 Å². The quantitative estimate of drug-likeness (QED) is 0.663. The number of piperidine rings is 1. The van der Waals surface area contributed by atoms with Crippen LogP contribution in [0.5, 0.6) is 6.01 Å². The molecule has 2 unspecified atom stereocenters. The predicted octanol–water partition coefficient (Wildman–Crippen LogP) is 2.05. The fourth-order valence-corrected chi connectivity index (χ4v) is 3.64. The molecule has 1 aliphatic rings. The molecule has 0 spiro atoms. The number of nitrogens with two attached hydrogens (primary N) is 1. The lowest BCUT2D eigenvalue weighted by molar-refractivity contribution is 0.193. The van der Waals surface area contributed by atoms with Crippen molar-refractivity contribution in [3.8, 4) is 6.01 Å². The molecule has 8 nitrogen and oxygen atoms in total. The molecule has 2 atom stereocenters. The highest BCUT2D eigenvalue weighted by molar-refractivity contribution is 5.81. The van der Waals surface area contributed by atoms with E-state index in [2.05, 4.69) is 27.2 Å². The van der Waals surface area contributed by atoms with Gasteiger partial charge in [-0.2, -0.15) is 9.97 Å².